The van der Waals surface area contributed by atoms with Crippen molar-refractivity contribution in [2.75, 3.05) is 0 Å². The van der Waals surface area contributed by atoms with Gasteiger partial charge in [-0.15, -0.1) is 0 Å². The highest BCUT2D eigenvalue weighted by Crippen LogP contribution is 2.31. The molecule has 2 atom stereocenters. The molecule has 2 N–H and O–H groups in total. The molecule has 28 heavy (non-hydrogen) atoms. The van der Waals surface area contributed by atoms with Crippen LogP contribution >= 0.6 is 0 Å². The van der Waals surface area contributed by atoms with E-state index in [1.807, 2.05) is 48.9 Å². The van der Waals surface area contributed by atoms with Crippen molar-refractivity contribution in [2.24, 2.45) is 0 Å². The number of rotatable bonds is 5. The maximum atomic E-state index is 4.78. The number of hydrogen-bond donors (Lipinski definition) is 2. The molecule has 140 valence electrons. The maximum Gasteiger partial charge on any atom is 0.109 e. The van der Waals surface area contributed by atoms with Gasteiger partial charge in [0.1, 0.15) is 5.82 Å². The van der Waals surface area contributed by atoms with Crippen LogP contribution in [0.2, 0.25) is 0 Å². The number of pyridine rings is 2. The number of benzene rings is 1. The largest absolute Gasteiger partial charge is 0.342 e. The minimum absolute atomic E-state index is 0.118. The van der Waals surface area contributed by atoms with Crippen LogP contribution in [0, 0.1) is 0 Å². The Morgan fingerprint density at radius 1 is 1.07 bits per heavy atom. The number of nitrogens with one attached hydrogen (secondary N) is 2. The van der Waals surface area contributed by atoms with Crippen LogP contribution in [0.15, 0.2) is 67.1 Å². The van der Waals surface area contributed by atoms with Gasteiger partial charge in [0.2, 0.25) is 0 Å². The number of H-pyrrole nitrogens is 1. The lowest BCUT2D eigenvalue weighted by atomic mass is 9.90. The number of hydrogen-bond acceptors (Lipinski definition) is 4. The van der Waals surface area contributed by atoms with Crippen molar-refractivity contribution in [2.45, 2.75) is 37.8 Å². The zero-order chi connectivity index (χ0) is 18.8. The van der Waals surface area contributed by atoms with Crippen molar-refractivity contribution >= 4 is 11.0 Å². The molecule has 3 aromatic heterocycles. The molecule has 0 saturated carbocycles. The quantitative estimate of drug-likeness (QED) is 0.550. The number of aromatic amines is 1. The van der Waals surface area contributed by atoms with Gasteiger partial charge >= 0.3 is 0 Å². The van der Waals surface area contributed by atoms with Crippen LogP contribution in [0.5, 0.6) is 0 Å². The second-order valence-corrected chi connectivity index (χ2v) is 7.40. The van der Waals surface area contributed by atoms with E-state index in [4.69, 9.17) is 4.98 Å². The van der Waals surface area contributed by atoms with Crippen LogP contribution in [0.3, 0.4) is 0 Å². The first kappa shape index (κ1) is 17.1. The predicted molar refractivity (Wildman–Crippen MR) is 110 cm³/mol. The Morgan fingerprint density at radius 2 is 2.00 bits per heavy atom. The second-order valence-electron chi connectivity index (χ2n) is 7.40. The van der Waals surface area contributed by atoms with E-state index in [1.54, 1.807) is 0 Å². The van der Waals surface area contributed by atoms with E-state index < -0.39 is 0 Å². The highest BCUT2D eigenvalue weighted by molar-refractivity contribution is 5.74. The first-order valence-corrected chi connectivity index (χ1v) is 9.90. The second kappa shape index (κ2) is 7.52. The maximum absolute atomic E-state index is 4.78. The topological polar surface area (TPSA) is 66.5 Å². The van der Waals surface area contributed by atoms with E-state index >= 15 is 0 Å². The van der Waals surface area contributed by atoms with Crippen LogP contribution in [0.1, 0.15) is 47.6 Å². The molecule has 1 aliphatic rings. The van der Waals surface area contributed by atoms with Crippen molar-refractivity contribution in [3.8, 4) is 0 Å². The van der Waals surface area contributed by atoms with Gasteiger partial charge in [-0.25, -0.2) is 4.98 Å². The lowest BCUT2D eigenvalue weighted by Gasteiger charge is -2.29. The molecule has 5 rings (SSSR count). The van der Waals surface area contributed by atoms with Crippen LogP contribution in [-0.4, -0.2) is 19.9 Å². The van der Waals surface area contributed by atoms with Gasteiger partial charge in [-0.3, -0.25) is 9.97 Å². The molecule has 5 heteroatoms. The Bertz CT molecular complexity index is 1040. The molecule has 2 unspecified atom stereocenters. The monoisotopic (exact) mass is 369 g/mol. The highest BCUT2D eigenvalue weighted by Gasteiger charge is 2.25. The Balaban J connectivity index is 1.46. The van der Waals surface area contributed by atoms with E-state index in [9.17, 15) is 0 Å². The van der Waals surface area contributed by atoms with Gasteiger partial charge in [-0.1, -0.05) is 24.3 Å². The fraction of sp³-hybridized carbons (Fsp3) is 0.261. The normalized spacial score (nSPS) is 17.4. The molecule has 0 aliphatic heterocycles. The van der Waals surface area contributed by atoms with Crippen molar-refractivity contribution in [3.05, 3.63) is 89.8 Å². The lowest BCUT2D eigenvalue weighted by Crippen LogP contribution is -2.31. The molecule has 0 saturated heterocycles. The molecule has 3 heterocycles. The summed E-state index contributed by atoms with van der Waals surface area (Å²) >= 11 is 0. The smallest absolute Gasteiger partial charge is 0.109 e. The average molecular weight is 369 g/mol. The molecule has 0 spiro atoms. The van der Waals surface area contributed by atoms with Gasteiger partial charge in [-0.2, -0.15) is 0 Å². The van der Waals surface area contributed by atoms with E-state index in [2.05, 4.69) is 38.5 Å². The van der Waals surface area contributed by atoms with Crippen molar-refractivity contribution in [1.82, 2.24) is 25.3 Å². The van der Waals surface area contributed by atoms with Crippen molar-refractivity contribution < 1.29 is 0 Å². The van der Waals surface area contributed by atoms with Crippen LogP contribution < -0.4 is 5.32 Å². The SMILES string of the molecule is c1cncc(C(Cc2nc3ccccc3[nH]2)NC2CCCc3cccnc32)c1. The number of para-hydroxylation sites is 2. The molecule has 1 aliphatic carbocycles. The number of aromatic nitrogens is 4. The fourth-order valence-corrected chi connectivity index (χ4v) is 4.17. The molecular weight excluding hydrogens is 346 g/mol. The van der Waals surface area contributed by atoms with Crippen molar-refractivity contribution in [1.29, 1.82) is 0 Å². The molecule has 0 bridgehead atoms. The van der Waals surface area contributed by atoms with Gasteiger partial charge in [0, 0.05) is 31.1 Å². The molecule has 0 fully saturated rings. The van der Waals surface area contributed by atoms with E-state index in [1.165, 1.54) is 23.2 Å². The van der Waals surface area contributed by atoms with E-state index in [0.29, 0.717) is 0 Å². The molecule has 1 aromatic carbocycles. The van der Waals surface area contributed by atoms with Crippen LogP contribution in [-0.2, 0) is 12.8 Å². The zero-order valence-electron chi connectivity index (χ0n) is 15.7. The summed E-state index contributed by atoms with van der Waals surface area (Å²) in [6.07, 6.45) is 9.84. The Morgan fingerprint density at radius 3 is 2.89 bits per heavy atom. The van der Waals surface area contributed by atoms with Gasteiger partial charge in [0.05, 0.1) is 22.8 Å². The third kappa shape index (κ3) is 3.41. The number of aryl methyl sites for hydroxylation is 1. The molecule has 4 aromatic rings. The Hall–Kier alpha value is -3.05. The Kier molecular flexibility index (Phi) is 4.59. The average Bonchev–Trinajstić information content (AvgIpc) is 3.17. The molecule has 0 amide bonds. The van der Waals surface area contributed by atoms with Gasteiger partial charge < -0.3 is 10.3 Å². The third-order valence-corrected chi connectivity index (χ3v) is 5.52. The first-order valence-electron chi connectivity index (χ1n) is 9.90. The van der Waals surface area contributed by atoms with Gasteiger partial charge in [-0.05, 0) is 54.7 Å². The van der Waals surface area contributed by atoms with E-state index in [0.717, 1.165) is 36.1 Å². The number of imidazole rings is 1. The number of fused-ring (bicyclic) bond motifs is 2. The van der Waals surface area contributed by atoms with Crippen molar-refractivity contribution in [3.63, 3.8) is 0 Å². The Labute approximate surface area is 164 Å². The summed E-state index contributed by atoms with van der Waals surface area (Å²) in [5.74, 6) is 0.986. The summed E-state index contributed by atoms with van der Waals surface area (Å²) in [5, 5.41) is 3.86. The summed E-state index contributed by atoms with van der Waals surface area (Å²) in [6.45, 7) is 0. The zero-order valence-corrected chi connectivity index (χ0v) is 15.7. The van der Waals surface area contributed by atoms with E-state index in [-0.39, 0.29) is 12.1 Å². The van der Waals surface area contributed by atoms with Gasteiger partial charge in [0.25, 0.3) is 0 Å². The molecular formula is C23H23N5. The minimum atomic E-state index is 0.118. The third-order valence-electron chi connectivity index (χ3n) is 5.52. The van der Waals surface area contributed by atoms with Crippen LogP contribution in [0.25, 0.3) is 11.0 Å². The molecule has 5 nitrogen and oxygen atoms in total. The summed E-state index contributed by atoms with van der Waals surface area (Å²) < 4.78 is 0. The fourth-order valence-electron chi connectivity index (χ4n) is 4.17. The summed E-state index contributed by atoms with van der Waals surface area (Å²) in [6, 6.07) is 16.9. The van der Waals surface area contributed by atoms with Crippen LogP contribution in [0.4, 0.5) is 0 Å². The standard InChI is InChI=1S/C23H23N5/c1-2-10-19-18(9-1)27-22(28-19)14-21(17-8-4-12-24-15-17)26-20-11-3-6-16-7-5-13-25-23(16)20/h1-2,4-5,7-10,12-13,15,20-21,26H,3,6,11,14H2,(H,27,28). The lowest BCUT2D eigenvalue weighted by molar-refractivity contribution is 0.387. The highest BCUT2D eigenvalue weighted by atomic mass is 15.0. The summed E-state index contributed by atoms with van der Waals surface area (Å²) in [5.41, 5.74) is 5.80. The number of nitrogens with zero attached hydrogens (tertiary/aromatic N) is 3. The summed E-state index contributed by atoms with van der Waals surface area (Å²) in [7, 11) is 0. The molecule has 0 radical (unpaired) electrons. The first-order chi connectivity index (χ1) is 13.9. The minimum Gasteiger partial charge on any atom is -0.342 e. The van der Waals surface area contributed by atoms with Gasteiger partial charge in [0.15, 0.2) is 0 Å². The predicted octanol–water partition coefficient (Wildman–Crippen LogP) is 4.30. The summed E-state index contributed by atoms with van der Waals surface area (Å²) in [4.78, 5) is 17.3.